The molecule has 0 saturated heterocycles. The van der Waals surface area contributed by atoms with Crippen molar-refractivity contribution < 1.29 is 5.11 Å². The van der Waals surface area contributed by atoms with Crippen LogP contribution in [-0.4, -0.2) is 36.4 Å². The average molecular weight is 146 g/mol. The Labute approximate surface area is 62.8 Å². The van der Waals surface area contributed by atoms with Crippen molar-refractivity contribution in [3.05, 3.63) is 0 Å². The van der Waals surface area contributed by atoms with E-state index in [2.05, 4.69) is 6.92 Å². The Hall–Kier alpha value is -0.120. The van der Waals surface area contributed by atoms with E-state index in [1.807, 2.05) is 4.90 Å². The lowest BCUT2D eigenvalue weighted by atomic mass is 10.3. The average Bonchev–Trinajstić information content (AvgIpc) is 1.98. The fraction of sp³-hybridized carbons (Fsp3) is 1.00. The number of hydrogen-bond acceptors (Lipinski definition) is 3. The number of aliphatic hydroxyl groups excluding tert-OH is 1. The van der Waals surface area contributed by atoms with Gasteiger partial charge in [-0.25, -0.2) is 0 Å². The van der Waals surface area contributed by atoms with Gasteiger partial charge < -0.3 is 10.8 Å². The number of nitrogens with zero attached hydrogens (tertiary/aromatic N) is 1. The molecule has 3 heteroatoms. The van der Waals surface area contributed by atoms with Crippen molar-refractivity contribution in [1.29, 1.82) is 0 Å². The third-order valence-electron chi connectivity index (χ3n) is 1.50. The van der Waals surface area contributed by atoms with E-state index in [4.69, 9.17) is 10.8 Å². The van der Waals surface area contributed by atoms with Crippen LogP contribution in [0.15, 0.2) is 0 Å². The zero-order valence-corrected chi connectivity index (χ0v) is 6.71. The van der Waals surface area contributed by atoms with Crippen molar-refractivity contribution in [2.75, 3.05) is 26.4 Å². The molecule has 0 amide bonds. The molecule has 0 spiro atoms. The highest BCUT2D eigenvalue weighted by atomic mass is 16.3. The van der Waals surface area contributed by atoms with Crippen LogP contribution in [0.2, 0.25) is 0 Å². The lowest BCUT2D eigenvalue weighted by Crippen LogP contribution is -2.33. The van der Waals surface area contributed by atoms with E-state index in [0.717, 1.165) is 13.0 Å². The molecule has 0 bridgehead atoms. The number of aliphatic hydroxyl groups is 1. The molecule has 0 aliphatic heterocycles. The Morgan fingerprint density at radius 3 is 2.50 bits per heavy atom. The van der Waals surface area contributed by atoms with E-state index in [1.165, 1.54) is 6.42 Å². The molecule has 3 nitrogen and oxygen atoms in total. The summed E-state index contributed by atoms with van der Waals surface area (Å²) in [7, 11) is 0. The van der Waals surface area contributed by atoms with Crippen molar-refractivity contribution in [2.45, 2.75) is 19.8 Å². The Morgan fingerprint density at radius 2 is 2.10 bits per heavy atom. The van der Waals surface area contributed by atoms with Gasteiger partial charge >= 0.3 is 0 Å². The van der Waals surface area contributed by atoms with Crippen molar-refractivity contribution in [3.8, 4) is 0 Å². The smallest absolute Gasteiger partial charge is 0.0558 e. The van der Waals surface area contributed by atoms with Gasteiger partial charge in [0.2, 0.25) is 0 Å². The maximum atomic E-state index is 8.57. The number of nitrogens with two attached hydrogens (primary N) is 1. The lowest BCUT2D eigenvalue weighted by Gasteiger charge is -2.17. The van der Waals surface area contributed by atoms with Crippen molar-refractivity contribution in [2.24, 2.45) is 5.73 Å². The Balaban J connectivity index is 3.21. The molecule has 0 unspecified atom stereocenters. The molecule has 0 atom stereocenters. The van der Waals surface area contributed by atoms with E-state index in [-0.39, 0.29) is 6.61 Å². The van der Waals surface area contributed by atoms with Gasteiger partial charge in [-0.15, -0.1) is 0 Å². The summed E-state index contributed by atoms with van der Waals surface area (Å²) in [6, 6.07) is 0. The third-order valence-corrected chi connectivity index (χ3v) is 1.50. The van der Waals surface area contributed by atoms with Gasteiger partial charge in [-0.1, -0.05) is 13.3 Å². The van der Waals surface area contributed by atoms with Crippen molar-refractivity contribution >= 4 is 0 Å². The number of unbranched alkanes of at least 4 members (excludes halogenated alkanes) is 1. The van der Waals surface area contributed by atoms with E-state index in [1.54, 1.807) is 0 Å². The molecule has 62 valence electrons. The molecule has 0 radical (unpaired) electrons. The third kappa shape index (κ3) is 4.73. The zero-order chi connectivity index (χ0) is 7.82. The topological polar surface area (TPSA) is 49.5 Å². The molecule has 10 heavy (non-hydrogen) atoms. The van der Waals surface area contributed by atoms with Gasteiger partial charge in [0.15, 0.2) is 0 Å². The van der Waals surface area contributed by atoms with Crippen LogP contribution < -0.4 is 5.73 Å². The zero-order valence-electron chi connectivity index (χ0n) is 6.71. The van der Waals surface area contributed by atoms with E-state index in [0.29, 0.717) is 13.2 Å². The number of hydrogen-bond donors (Lipinski definition) is 2. The summed E-state index contributed by atoms with van der Waals surface area (Å²) in [5, 5.41) is 8.57. The van der Waals surface area contributed by atoms with Crippen LogP contribution >= 0.6 is 0 Å². The molecule has 0 aromatic rings. The summed E-state index contributed by atoms with van der Waals surface area (Å²) >= 11 is 0. The Morgan fingerprint density at radius 1 is 1.40 bits per heavy atom. The first-order valence-electron chi connectivity index (χ1n) is 3.88. The molecule has 0 saturated carbocycles. The summed E-state index contributed by atoms with van der Waals surface area (Å²) in [6.07, 6.45) is 2.35. The van der Waals surface area contributed by atoms with Gasteiger partial charge in [-0.2, -0.15) is 0 Å². The minimum Gasteiger partial charge on any atom is -0.395 e. The minimum atomic E-state index is 0.209. The summed E-state index contributed by atoms with van der Waals surface area (Å²) in [5.74, 6) is 0. The summed E-state index contributed by atoms with van der Waals surface area (Å²) in [6.45, 7) is 4.62. The first-order valence-corrected chi connectivity index (χ1v) is 3.88. The van der Waals surface area contributed by atoms with Gasteiger partial charge in [-0.3, -0.25) is 4.90 Å². The monoisotopic (exact) mass is 146 g/mol. The van der Waals surface area contributed by atoms with Crippen molar-refractivity contribution in [3.63, 3.8) is 0 Å². The van der Waals surface area contributed by atoms with E-state index < -0.39 is 0 Å². The standard InChI is InChI=1S/C7H18N2O/c1-2-3-4-9(7-8)5-6-10/h10H,2-8H2,1H3. The number of rotatable bonds is 6. The van der Waals surface area contributed by atoms with E-state index >= 15 is 0 Å². The minimum absolute atomic E-state index is 0.209. The van der Waals surface area contributed by atoms with Crippen LogP contribution in [0.1, 0.15) is 19.8 Å². The second kappa shape index (κ2) is 6.99. The molecular formula is C7H18N2O. The highest BCUT2D eigenvalue weighted by molar-refractivity contribution is 4.52. The predicted molar refractivity (Wildman–Crippen MR) is 42.6 cm³/mol. The van der Waals surface area contributed by atoms with Gasteiger partial charge in [0, 0.05) is 13.2 Å². The molecule has 3 N–H and O–H groups in total. The van der Waals surface area contributed by atoms with Crippen LogP contribution in [0.4, 0.5) is 0 Å². The second-order valence-corrected chi connectivity index (χ2v) is 2.38. The largest absolute Gasteiger partial charge is 0.395 e. The van der Waals surface area contributed by atoms with Gasteiger partial charge in [0.25, 0.3) is 0 Å². The predicted octanol–water partition coefficient (Wildman–Crippen LogP) is -0.00300. The van der Waals surface area contributed by atoms with Crippen LogP contribution in [0.3, 0.4) is 0 Å². The maximum absolute atomic E-state index is 8.57. The molecule has 0 rings (SSSR count). The molecule has 0 aromatic carbocycles. The molecule has 0 aliphatic carbocycles. The fourth-order valence-corrected chi connectivity index (χ4v) is 0.818. The molecule has 0 heterocycles. The first kappa shape index (κ1) is 9.88. The van der Waals surface area contributed by atoms with Crippen LogP contribution in [0.5, 0.6) is 0 Å². The summed E-state index contributed by atoms with van der Waals surface area (Å²) in [5.41, 5.74) is 5.41. The highest BCUT2D eigenvalue weighted by Gasteiger charge is 1.98. The fourth-order valence-electron chi connectivity index (χ4n) is 0.818. The quantitative estimate of drug-likeness (QED) is 0.518. The molecule has 0 aromatic heterocycles. The molecule has 0 fully saturated rings. The maximum Gasteiger partial charge on any atom is 0.0558 e. The van der Waals surface area contributed by atoms with Crippen LogP contribution in [-0.2, 0) is 0 Å². The lowest BCUT2D eigenvalue weighted by molar-refractivity contribution is 0.197. The van der Waals surface area contributed by atoms with Crippen molar-refractivity contribution in [1.82, 2.24) is 4.90 Å². The highest BCUT2D eigenvalue weighted by Crippen LogP contribution is 1.91. The Kier molecular flexibility index (Phi) is 6.91. The van der Waals surface area contributed by atoms with Crippen LogP contribution in [0, 0.1) is 0 Å². The van der Waals surface area contributed by atoms with E-state index in [9.17, 15) is 0 Å². The normalized spacial score (nSPS) is 10.8. The second-order valence-electron chi connectivity index (χ2n) is 2.38. The van der Waals surface area contributed by atoms with Gasteiger partial charge in [0.1, 0.15) is 0 Å². The van der Waals surface area contributed by atoms with Crippen LogP contribution in [0.25, 0.3) is 0 Å². The summed E-state index contributed by atoms with van der Waals surface area (Å²) < 4.78 is 0. The Bertz CT molecular complexity index is 68.6. The molecular weight excluding hydrogens is 128 g/mol. The SMILES string of the molecule is CCCCN(CN)CCO. The first-order chi connectivity index (χ1) is 4.85. The summed E-state index contributed by atoms with van der Waals surface area (Å²) in [4.78, 5) is 2.05. The van der Waals surface area contributed by atoms with Gasteiger partial charge in [0.05, 0.1) is 6.61 Å². The molecule has 0 aliphatic rings. The van der Waals surface area contributed by atoms with Gasteiger partial charge in [-0.05, 0) is 13.0 Å².